The van der Waals surface area contributed by atoms with Gasteiger partial charge in [-0.3, -0.25) is 0 Å². The van der Waals surface area contributed by atoms with E-state index in [-0.39, 0.29) is 17.7 Å². The molecule has 12 heavy (non-hydrogen) atoms. The number of nitrogens with two attached hydrogens (primary N) is 2. The molecule has 0 spiro atoms. The summed E-state index contributed by atoms with van der Waals surface area (Å²) in [5.74, 6) is -0.571. The second kappa shape index (κ2) is 3.80. The molecule has 0 aliphatic carbocycles. The number of pyridine rings is 1. The summed E-state index contributed by atoms with van der Waals surface area (Å²) in [6.45, 7) is 0.253. The average molecular weight is 190 g/mol. The van der Waals surface area contributed by atoms with Crippen molar-refractivity contribution >= 4 is 11.6 Å². The lowest BCUT2D eigenvalue weighted by Gasteiger charge is -2.07. The van der Waals surface area contributed by atoms with Crippen LogP contribution in [0, 0.1) is 5.82 Å². The standard InChI is InChI=1S/C7H9ClFN3/c8-7-5(9)1-4(3-12-7)6(11)2-10/h1,3,6H,2,10-11H2/t6-/m0/s1. The van der Waals surface area contributed by atoms with Crippen molar-refractivity contribution in [3.63, 3.8) is 0 Å². The minimum Gasteiger partial charge on any atom is -0.329 e. The minimum absolute atomic E-state index is 0.150. The van der Waals surface area contributed by atoms with Crippen LogP contribution in [-0.2, 0) is 0 Å². The Balaban J connectivity index is 2.96. The van der Waals surface area contributed by atoms with Crippen LogP contribution in [0.25, 0.3) is 0 Å². The molecule has 0 aliphatic heterocycles. The SMILES string of the molecule is NC[C@H](N)c1cnc(Cl)c(F)c1. The second-order valence-corrected chi connectivity index (χ2v) is 2.74. The largest absolute Gasteiger partial charge is 0.329 e. The van der Waals surface area contributed by atoms with E-state index < -0.39 is 5.82 Å². The molecule has 0 radical (unpaired) electrons. The predicted octanol–water partition coefficient (Wildman–Crippen LogP) is 0.833. The van der Waals surface area contributed by atoms with Gasteiger partial charge >= 0.3 is 0 Å². The summed E-state index contributed by atoms with van der Waals surface area (Å²) in [6, 6.07) is 0.858. The Kier molecular flexibility index (Phi) is 2.97. The molecule has 0 bridgehead atoms. The van der Waals surface area contributed by atoms with Crippen LogP contribution in [-0.4, -0.2) is 11.5 Å². The number of aromatic nitrogens is 1. The molecule has 1 aromatic heterocycles. The molecule has 0 saturated heterocycles. The Labute approximate surface area is 74.5 Å². The molecule has 0 saturated carbocycles. The van der Waals surface area contributed by atoms with E-state index in [1.807, 2.05) is 0 Å². The molecule has 0 aliphatic rings. The van der Waals surface area contributed by atoms with Gasteiger partial charge in [-0.1, -0.05) is 11.6 Å². The van der Waals surface area contributed by atoms with Gasteiger partial charge in [-0.2, -0.15) is 0 Å². The van der Waals surface area contributed by atoms with Crippen LogP contribution in [0.2, 0.25) is 5.15 Å². The van der Waals surface area contributed by atoms with Crippen molar-refractivity contribution in [1.29, 1.82) is 0 Å². The quantitative estimate of drug-likeness (QED) is 0.678. The van der Waals surface area contributed by atoms with Gasteiger partial charge < -0.3 is 11.5 Å². The van der Waals surface area contributed by atoms with Gasteiger partial charge in [0, 0.05) is 18.8 Å². The van der Waals surface area contributed by atoms with Crippen LogP contribution < -0.4 is 11.5 Å². The Bertz CT molecular complexity index is 279. The highest BCUT2D eigenvalue weighted by Crippen LogP contribution is 2.15. The van der Waals surface area contributed by atoms with Crippen LogP contribution in [0.4, 0.5) is 4.39 Å². The summed E-state index contributed by atoms with van der Waals surface area (Å²) in [5, 5.41) is -0.150. The minimum atomic E-state index is -0.571. The molecule has 0 aromatic carbocycles. The molecular formula is C7H9ClFN3. The van der Waals surface area contributed by atoms with E-state index in [0.717, 1.165) is 0 Å². The molecule has 0 unspecified atom stereocenters. The van der Waals surface area contributed by atoms with Crippen molar-refractivity contribution < 1.29 is 4.39 Å². The van der Waals surface area contributed by atoms with Gasteiger partial charge in [0.05, 0.1) is 0 Å². The second-order valence-electron chi connectivity index (χ2n) is 2.38. The third-order valence-electron chi connectivity index (χ3n) is 1.50. The van der Waals surface area contributed by atoms with Crippen molar-refractivity contribution in [3.8, 4) is 0 Å². The summed E-state index contributed by atoms with van der Waals surface area (Å²) in [6.07, 6.45) is 1.42. The first-order chi connectivity index (χ1) is 5.65. The van der Waals surface area contributed by atoms with E-state index >= 15 is 0 Å². The Morgan fingerprint density at radius 3 is 2.83 bits per heavy atom. The average Bonchev–Trinajstić information content (AvgIpc) is 2.08. The maximum absolute atomic E-state index is 12.8. The van der Waals surface area contributed by atoms with Crippen molar-refractivity contribution in [2.24, 2.45) is 11.5 Å². The molecule has 1 rings (SSSR count). The van der Waals surface area contributed by atoms with Crippen LogP contribution in [0.5, 0.6) is 0 Å². The van der Waals surface area contributed by atoms with Crippen molar-refractivity contribution in [2.75, 3.05) is 6.54 Å². The lowest BCUT2D eigenvalue weighted by atomic mass is 10.1. The molecule has 4 N–H and O–H groups in total. The van der Waals surface area contributed by atoms with Gasteiger partial charge in [-0.15, -0.1) is 0 Å². The lowest BCUT2D eigenvalue weighted by Crippen LogP contribution is -2.21. The first kappa shape index (κ1) is 9.38. The maximum Gasteiger partial charge on any atom is 0.164 e. The fourth-order valence-corrected chi connectivity index (χ4v) is 0.878. The summed E-state index contributed by atoms with van der Waals surface area (Å²) in [4.78, 5) is 3.60. The van der Waals surface area contributed by atoms with E-state index in [4.69, 9.17) is 23.1 Å². The smallest absolute Gasteiger partial charge is 0.164 e. The van der Waals surface area contributed by atoms with Crippen LogP contribution in [0.1, 0.15) is 11.6 Å². The number of hydrogen-bond acceptors (Lipinski definition) is 3. The van der Waals surface area contributed by atoms with E-state index in [9.17, 15) is 4.39 Å². The van der Waals surface area contributed by atoms with E-state index in [1.165, 1.54) is 12.3 Å². The molecule has 3 nitrogen and oxygen atoms in total. The molecular weight excluding hydrogens is 181 g/mol. The zero-order chi connectivity index (χ0) is 9.14. The van der Waals surface area contributed by atoms with E-state index in [0.29, 0.717) is 5.56 Å². The fourth-order valence-electron chi connectivity index (χ4n) is 0.775. The number of hydrogen-bond donors (Lipinski definition) is 2. The van der Waals surface area contributed by atoms with Gasteiger partial charge in [-0.05, 0) is 11.6 Å². The van der Waals surface area contributed by atoms with E-state index in [2.05, 4.69) is 4.98 Å². The van der Waals surface area contributed by atoms with Gasteiger partial charge in [0.1, 0.15) is 0 Å². The number of rotatable bonds is 2. The summed E-state index contributed by atoms with van der Waals surface area (Å²) < 4.78 is 12.8. The lowest BCUT2D eigenvalue weighted by molar-refractivity contribution is 0.612. The zero-order valence-corrected chi connectivity index (χ0v) is 7.05. The monoisotopic (exact) mass is 189 g/mol. The first-order valence-corrected chi connectivity index (χ1v) is 3.79. The normalized spacial score (nSPS) is 13.0. The highest BCUT2D eigenvalue weighted by Gasteiger charge is 2.07. The third kappa shape index (κ3) is 1.91. The van der Waals surface area contributed by atoms with Gasteiger partial charge in [0.2, 0.25) is 0 Å². The Morgan fingerprint density at radius 1 is 1.67 bits per heavy atom. The van der Waals surface area contributed by atoms with Crippen LogP contribution >= 0.6 is 11.6 Å². The van der Waals surface area contributed by atoms with Crippen molar-refractivity contribution in [1.82, 2.24) is 4.98 Å². The summed E-state index contributed by atoms with van der Waals surface area (Å²) in [5.41, 5.74) is 11.4. The van der Waals surface area contributed by atoms with Crippen molar-refractivity contribution in [2.45, 2.75) is 6.04 Å². The zero-order valence-electron chi connectivity index (χ0n) is 6.30. The summed E-state index contributed by atoms with van der Waals surface area (Å²) >= 11 is 5.37. The Hall–Kier alpha value is -0.710. The number of nitrogens with zero attached hydrogens (tertiary/aromatic N) is 1. The van der Waals surface area contributed by atoms with Gasteiger partial charge in [0.25, 0.3) is 0 Å². The molecule has 0 fully saturated rings. The molecule has 1 heterocycles. The molecule has 66 valence electrons. The van der Waals surface area contributed by atoms with E-state index in [1.54, 1.807) is 0 Å². The summed E-state index contributed by atoms with van der Waals surface area (Å²) in [7, 11) is 0. The van der Waals surface area contributed by atoms with Crippen molar-refractivity contribution in [3.05, 3.63) is 28.8 Å². The molecule has 0 amide bonds. The Morgan fingerprint density at radius 2 is 2.33 bits per heavy atom. The first-order valence-electron chi connectivity index (χ1n) is 3.41. The highest BCUT2D eigenvalue weighted by atomic mass is 35.5. The topological polar surface area (TPSA) is 64.9 Å². The third-order valence-corrected chi connectivity index (χ3v) is 1.78. The predicted molar refractivity (Wildman–Crippen MR) is 45.2 cm³/mol. The van der Waals surface area contributed by atoms with Crippen LogP contribution in [0.15, 0.2) is 12.3 Å². The fraction of sp³-hybridized carbons (Fsp3) is 0.286. The van der Waals surface area contributed by atoms with Gasteiger partial charge in [0.15, 0.2) is 11.0 Å². The number of halogens is 2. The maximum atomic E-state index is 12.8. The van der Waals surface area contributed by atoms with Gasteiger partial charge in [-0.25, -0.2) is 9.37 Å². The molecule has 5 heteroatoms. The highest BCUT2D eigenvalue weighted by molar-refractivity contribution is 6.29. The molecule has 1 atom stereocenters. The molecule has 1 aromatic rings. The van der Waals surface area contributed by atoms with Crippen LogP contribution in [0.3, 0.4) is 0 Å².